The Bertz CT molecular complexity index is 388. The summed E-state index contributed by atoms with van der Waals surface area (Å²) in [6, 6.07) is 5.58. The van der Waals surface area contributed by atoms with Gasteiger partial charge in [0.25, 0.3) is 5.91 Å². The number of ether oxygens (including phenoxy) is 1. The van der Waals surface area contributed by atoms with Crippen LogP contribution in [0.2, 0.25) is 0 Å². The van der Waals surface area contributed by atoms with Crippen LogP contribution in [0.4, 0.5) is 0 Å². The fraction of sp³-hybridized carbons (Fsp3) is 0.364. The highest BCUT2D eigenvalue weighted by Crippen LogP contribution is 2.28. The zero-order valence-electron chi connectivity index (χ0n) is 9.00. The Morgan fingerprint density at radius 2 is 2.07 bits per heavy atom. The van der Waals surface area contributed by atoms with E-state index < -0.39 is 11.5 Å². The molecule has 15 heavy (non-hydrogen) atoms. The largest absolute Gasteiger partial charge is 0.478 e. The van der Waals surface area contributed by atoms with Crippen molar-refractivity contribution < 1.29 is 9.53 Å². The lowest BCUT2D eigenvalue weighted by atomic mass is 10.1. The van der Waals surface area contributed by atoms with Crippen LogP contribution in [0.5, 0.6) is 5.75 Å². The number of amides is 1. The molecule has 0 saturated carbocycles. The predicted octanol–water partition coefficient (Wildman–Crippen LogP) is 2.40. The van der Waals surface area contributed by atoms with E-state index in [1.165, 1.54) is 0 Å². The van der Waals surface area contributed by atoms with Crippen molar-refractivity contribution in [1.29, 1.82) is 0 Å². The molecule has 0 aliphatic rings. The fourth-order valence-electron chi connectivity index (χ4n) is 1.02. The molecule has 1 aromatic rings. The molecule has 0 unspecified atom stereocenters. The summed E-state index contributed by atoms with van der Waals surface area (Å²) in [5.74, 6) is 0.176. The fourth-order valence-corrected chi connectivity index (χ4v) is 1.37. The van der Waals surface area contributed by atoms with Gasteiger partial charge in [-0.3, -0.25) is 4.79 Å². The van der Waals surface area contributed by atoms with E-state index in [-0.39, 0.29) is 0 Å². The van der Waals surface area contributed by atoms with Gasteiger partial charge in [-0.15, -0.1) is 0 Å². The Labute approximate surface area is 97.7 Å². The van der Waals surface area contributed by atoms with E-state index in [2.05, 4.69) is 15.9 Å². The molecule has 0 bridgehead atoms. The molecule has 4 heteroatoms. The molecule has 0 atom stereocenters. The molecule has 0 aliphatic heterocycles. The van der Waals surface area contributed by atoms with Gasteiger partial charge < -0.3 is 10.5 Å². The lowest BCUT2D eigenvalue weighted by Crippen LogP contribution is -2.43. The molecule has 2 N–H and O–H groups in total. The third kappa shape index (κ3) is 2.72. The molecule has 3 nitrogen and oxygen atoms in total. The van der Waals surface area contributed by atoms with E-state index in [0.29, 0.717) is 5.75 Å². The summed E-state index contributed by atoms with van der Waals surface area (Å²) >= 11 is 3.39. The number of hydrogen-bond donors (Lipinski definition) is 1. The monoisotopic (exact) mass is 271 g/mol. The van der Waals surface area contributed by atoms with Gasteiger partial charge in [0.15, 0.2) is 5.60 Å². The van der Waals surface area contributed by atoms with Crippen LogP contribution < -0.4 is 10.5 Å². The minimum Gasteiger partial charge on any atom is -0.478 e. The van der Waals surface area contributed by atoms with Crippen LogP contribution >= 0.6 is 15.9 Å². The topological polar surface area (TPSA) is 52.3 Å². The van der Waals surface area contributed by atoms with Crippen molar-refractivity contribution in [3.8, 4) is 5.75 Å². The van der Waals surface area contributed by atoms with E-state index >= 15 is 0 Å². The molecule has 0 heterocycles. The van der Waals surface area contributed by atoms with Crippen molar-refractivity contribution >= 4 is 21.8 Å². The lowest BCUT2D eigenvalue weighted by molar-refractivity contribution is -0.130. The number of halogens is 1. The van der Waals surface area contributed by atoms with Crippen LogP contribution in [0.25, 0.3) is 0 Å². The van der Waals surface area contributed by atoms with Crippen molar-refractivity contribution in [2.24, 2.45) is 5.73 Å². The highest BCUT2D eigenvalue weighted by molar-refractivity contribution is 9.10. The van der Waals surface area contributed by atoms with Crippen molar-refractivity contribution in [3.63, 3.8) is 0 Å². The Balaban J connectivity index is 3.00. The maximum Gasteiger partial charge on any atom is 0.261 e. The van der Waals surface area contributed by atoms with Gasteiger partial charge >= 0.3 is 0 Å². The van der Waals surface area contributed by atoms with Gasteiger partial charge in [-0.2, -0.15) is 0 Å². The van der Waals surface area contributed by atoms with E-state index in [1.807, 2.05) is 25.1 Å². The smallest absolute Gasteiger partial charge is 0.261 e. The standard InChI is InChI=1S/C11H14BrNO2/c1-7-8(12)5-4-6-9(7)15-11(2,3)10(13)14/h4-6H,1-3H3,(H2,13,14). The first kappa shape index (κ1) is 12.0. The van der Waals surface area contributed by atoms with Crippen molar-refractivity contribution in [3.05, 3.63) is 28.2 Å². The van der Waals surface area contributed by atoms with Crippen LogP contribution in [0.3, 0.4) is 0 Å². The zero-order chi connectivity index (χ0) is 11.6. The molecule has 82 valence electrons. The summed E-state index contributed by atoms with van der Waals surface area (Å²) in [6.07, 6.45) is 0. The molecule has 0 saturated heterocycles. The molecule has 0 aromatic heterocycles. The predicted molar refractivity (Wildman–Crippen MR) is 62.8 cm³/mol. The Morgan fingerprint density at radius 3 is 2.60 bits per heavy atom. The van der Waals surface area contributed by atoms with Gasteiger partial charge in [-0.05, 0) is 32.9 Å². The van der Waals surface area contributed by atoms with E-state index in [4.69, 9.17) is 10.5 Å². The van der Waals surface area contributed by atoms with Crippen LogP contribution in [-0.2, 0) is 4.79 Å². The summed E-state index contributed by atoms with van der Waals surface area (Å²) in [7, 11) is 0. The van der Waals surface area contributed by atoms with E-state index in [1.54, 1.807) is 13.8 Å². The molecule has 0 spiro atoms. The number of benzene rings is 1. The van der Waals surface area contributed by atoms with Gasteiger partial charge in [0.2, 0.25) is 0 Å². The van der Waals surface area contributed by atoms with Crippen molar-refractivity contribution in [1.82, 2.24) is 0 Å². The molecule has 0 aliphatic carbocycles. The van der Waals surface area contributed by atoms with Crippen molar-refractivity contribution in [2.75, 3.05) is 0 Å². The highest BCUT2D eigenvalue weighted by atomic mass is 79.9. The molecule has 1 aromatic carbocycles. The van der Waals surface area contributed by atoms with Gasteiger partial charge in [-0.25, -0.2) is 0 Å². The third-order valence-corrected chi connectivity index (χ3v) is 3.04. The summed E-state index contributed by atoms with van der Waals surface area (Å²) < 4.78 is 6.52. The summed E-state index contributed by atoms with van der Waals surface area (Å²) in [4.78, 5) is 11.1. The van der Waals surface area contributed by atoms with Crippen molar-refractivity contribution in [2.45, 2.75) is 26.4 Å². The van der Waals surface area contributed by atoms with E-state index in [0.717, 1.165) is 10.0 Å². The van der Waals surface area contributed by atoms with Crippen LogP contribution in [0.1, 0.15) is 19.4 Å². The maximum atomic E-state index is 11.1. The SMILES string of the molecule is Cc1c(Br)cccc1OC(C)(C)C(N)=O. The average Bonchev–Trinajstić information content (AvgIpc) is 2.12. The van der Waals surface area contributed by atoms with Crippen LogP contribution in [0.15, 0.2) is 22.7 Å². The number of hydrogen-bond acceptors (Lipinski definition) is 2. The molecular weight excluding hydrogens is 258 g/mol. The highest BCUT2D eigenvalue weighted by Gasteiger charge is 2.27. The number of carbonyl (C=O) groups is 1. The second-order valence-electron chi connectivity index (χ2n) is 3.84. The number of rotatable bonds is 3. The number of primary amides is 1. The zero-order valence-corrected chi connectivity index (χ0v) is 10.6. The lowest BCUT2D eigenvalue weighted by Gasteiger charge is -2.24. The van der Waals surface area contributed by atoms with Gasteiger partial charge in [0.1, 0.15) is 5.75 Å². The summed E-state index contributed by atoms with van der Waals surface area (Å²) in [5.41, 5.74) is 5.19. The van der Waals surface area contributed by atoms with E-state index in [9.17, 15) is 4.79 Å². The minimum atomic E-state index is -0.994. The molecule has 1 rings (SSSR count). The van der Waals surface area contributed by atoms with Gasteiger partial charge in [0, 0.05) is 10.0 Å². The Kier molecular flexibility index (Phi) is 3.39. The van der Waals surface area contributed by atoms with Crippen LogP contribution in [0, 0.1) is 6.92 Å². The Hall–Kier alpha value is -1.03. The third-order valence-electron chi connectivity index (χ3n) is 2.18. The first-order chi connectivity index (χ1) is 6.84. The first-order valence-electron chi connectivity index (χ1n) is 4.58. The maximum absolute atomic E-state index is 11.1. The number of nitrogens with two attached hydrogens (primary N) is 1. The van der Waals surface area contributed by atoms with Gasteiger partial charge in [-0.1, -0.05) is 22.0 Å². The second-order valence-corrected chi connectivity index (χ2v) is 4.69. The molecular formula is C11H14BrNO2. The molecule has 1 amide bonds. The van der Waals surface area contributed by atoms with Gasteiger partial charge in [0.05, 0.1) is 0 Å². The van der Waals surface area contributed by atoms with Crippen LogP contribution in [-0.4, -0.2) is 11.5 Å². The molecule has 0 radical (unpaired) electrons. The first-order valence-corrected chi connectivity index (χ1v) is 5.38. The Morgan fingerprint density at radius 1 is 1.47 bits per heavy atom. The average molecular weight is 272 g/mol. The summed E-state index contributed by atoms with van der Waals surface area (Å²) in [6.45, 7) is 5.21. The summed E-state index contributed by atoms with van der Waals surface area (Å²) in [5, 5.41) is 0. The number of carbonyl (C=O) groups excluding carboxylic acids is 1. The molecule has 0 fully saturated rings. The second kappa shape index (κ2) is 4.23. The minimum absolute atomic E-state index is 0.484. The normalized spacial score (nSPS) is 11.2. The quantitative estimate of drug-likeness (QED) is 0.918.